The number of hydrogen-bond donors (Lipinski definition) is 1. The number of urea groups is 2. The van der Waals surface area contributed by atoms with Gasteiger partial charge in [-0.05, 0) is 87.4 Å². The zero-order valence-corrected chi connectivity index (χ0v) is 39.4. The van der Waals surface area contributed by atoms with Crippen molar-refractivity contribution in [3.63, 3.8) is 0 Å². The molecule has 2 aliphatic heterocycles. The number of sulfonamides is 1. The van der Waals surface area contributed by atoms with Crippen molar-refractivity contribution < 1.29 is 53.2 Å². The van der Waals surface area contributed by atoms with Gasteiger partial charge >= 0.3 is 36.2 Å². The van der Waals surface area contributed by atoms with Gasteiger partial charge in [0.1, 0.15) is 0 Å². The van der Waals surface area contributed by atoms with Crippen LogP contribution in [0.5, 0.6) is 0 Å². The van der Waals surface area contributed by atoms with Crippen LogP contribution < -0.4 is 15.1 Å². The third-order valence-corrected chi connectivity index (χ3v) is 12.8. The van der Waals surface area contributed by atoms with E-state index in [1.165, 1.54) is 4.31 Å². The van der Waals surface area contributed by atoms with Gasteiger partial charge in [0, 0.05) is 72.8 Å². The largest absolute Gasteiger partial charge is 0.470 e. The first-order valence-corrected chi connectivity index (χ1v) is 23.9. The molecule has 0 aliphatic carbocycles. The van der Waals surface area contributed by atoms with Crippen LogP contribution in [0.15, 0.2) is 118 Å². The lowest BCUT2D eigenvalue weighted by atomic mass is 10.1. The molecule has 1 N–H and O–H groups in total. The molecule has 2 fully saturated rings. The van der Waals surface area contributed by atoms with E-state index in [4.69, 9.17) is 8.83 Å². The third kappa shape index (κ3) is 12.5. The van der Waals surface area contributed by atoms with Crippen molar-refractivity contribution in [2.24, 2.45) is 0 Å². The summed E-state index contributed by atoms with van der Waals surface area (Å²) in [5.74, 6) is -3.29. The molecule has 4 atom stereocenters. The number of nitrogens with zero attached hydrogens (tertiary/aromatic N) is 9. The number of aromatic nitrogens is 4. The third-order valence-electron chi connectivity index (χ3n) is 11.3. The van der Waals surface area contributed by atoms with E-state index in [0.717, 1.165) is 17.5 Å². The lowest BCUT2D eigenvalue weighted by Gasteiger charge is -2.44. The minimum absolute atomic E-state index is 0.0998. The topological polar surface area (TPSA) is 174 Å². The fraction of sp³-hybridized carbons (Fsp3) is 0.362. The molecular formula is C47H50F6N10O6S. The molecule has 2 aliphatic rings. The highest BCUT2D eigenvalue weighted by molar-refractivity contribution is 7.88. The van der Waals surface area contributed by atoms with Crippen LogP contribution in [-0.2, 0) is 35.5 Å². The summed E-state index contributed by atoms with van der Waals surface area (Å²) < 4.78 is 112. The maximum Gasteiger partial charge on any atom is 0.470 e. The van der Waals surface area contributed by atoms with Gasteiger partial charge in [0.2, 0.25) is 21.8 Å². The van der Waals surface area contributed by atoms with Crippen LogP contribution in [0.2, 0.25) is 0 Å². The molecule has 16 nitrogen and oxygen atoms in total. The Morgan fingerprint density at radius 3 is 1.27 bits per heavy atom. The smallest absolute Gasteiger partial charge is 0.413 e. The molecule has 4 heterocycles. The minimum Gasteiger partial charge on any atom is -0.413 e. The molecule has 70 heavy (non-hydrogen) atoms. The average Bonchev–Trinajstić information content (AvgIpc) is 4.03. The van der Waals surface area contributed by atoms with Crippen LogP contribution in [0.4, 0.5) is 47.3 Å². The Bertz CT molecular complexity index is 2790. The van der Waals surface area contributed by atoms with Gasteiger partial charge in [0.25, 0.3) is 0 Å². The van der Waals surface area contributed by atoms with Gasteiger partial charge in [-0.2, -0.15) is 30.6 Å². The monoisotopic (exact) mass is 996 g/mol. The molecule has 0 radical (unpaired) electrons. The van der Waals surface area contributed by atoms with E-state index < -0.39 is 46.2 Å². The Morgan fingerprint density at radius 2 is 0.943 bits per heavy atom. The number of para-hydroxylation sites is 2. The predicted octanol–water partition coefficient (Wildman–Crippen LogP) is 8.80. The molecule has 4 amide bonds. The van der Waals surface area contributed by atoms with Gasteiger partial charge < -0.3 is 24.0 Å². The predicted molar refractivity (Wildman–Crippen MR) is 246 cm³/mol. The van der Waals surface area contributed by atoms with Gasteiger partial charge in [-0.3, -0.25) is 9.80 Å². The molecule has 23 heteroatoms. The van der Waals surface area contributed by atoms with E-state index in [9.17, 15) is 44.3 Å². The summed E-state index contributed by atoms with van der Waals surface area (Å²) in [5, 5.41) is 16.5. The zero-order chi connectivity index (χ0) is 50.5. The van der Waals surface area contributed by atoms with E-state index in [1.807, 2.05) is 55.1 Å². The molecule has 2 saturated heterocycles. The van der Waals surface area contributed by atoms with Crippen molar-refractivity contribution in [3.05, 3.63) is 132 Å². The van der Waals surface area contributed by atoms with Gasteiger partial charge in [-0.25, -0.2) is 18.0 Å². The normalized spacial score (nSPS) is 19.0. The van der Waals surface area contributed by atoms with E-state index in [0.29, 0.717) is 42.0 Å². The molecule has 0 spiro atoms. The summed E-state index contributed by atoms with van der Waals surface area (Å²) in [6.07, 6.45) is -8.26. The lowest BCUT2D eigenvalue weighted by molar-refractivity contribution is -0.157. The second-order valence-corrected chi connectivity index (χ2v) is 19.1. The highest BCUT2D eigenvalue weighted by Crippen LogP contribution is 2.33. The van der Waals surface area contributed by atoms with Gasteiger partial charge in [0.15, 0.2) is 0 Å². The number of halogens is 6. The first-order valence-electron chi connectivity index (χ1n) is 22.0. The van der Waals surface area contributed by atoms with Crippen LogP contribution in [-0.4, -0.2) is 112 Å². The quantitative estimate of drug-likeness (QED) is 0.137. The molecule has 8 rings (SSSR count). The second-order valence-electron chi connectivity index (χ2n) is 17.2. The Labute approximate surface area is 399 Å². The summed E-state index contributed by atoms with van der Waals surface area (Å²) in [4.78, 5) is 33.9. The van der Waals surface area contributed by atoms with Gasteiger partial charge in [-0.15, -0.1) is 20.4 Å². The number of rotatable bonds is 9. The summed E-state index contributed by atoms with van der Waals surface area (Å²) in [6.45, 7) is 9.77. The number of amides is 4. The van der Waals surface area contributed by atoms with Crippen molar-refractivity contribution in [1.82, 2.24) is 39.8 Å². The number of piperazine rings is 2. The summed E-state index contributed by atoms with van der Waals surface area (Å²) in [6, 6.07) is 30.7. The SMILES string of the molecule is C[C@@H]1CN(C(=O)N(Cc2ccc(-c3nnc(C(F)(F)F)o3)cc2)c2ccccc2)C[C@H](C)N1.C[C@@H]1CN(C(=O)N(Cc2ccc(-c3nnc(C(F)(F)F)o3)cc2)c2ccccc2)C[C@H](C)N1S(C)(=O)=O. The molecule has 0 saturated carbocycles. The van der Waals surface area contributed by atoms with Crippen molar-refractivity contribution in [2.45, 2.75) is 77.3 Å². The molecule has 372 valence electrons. The zero-order valence-electron chi connectivity index (χ0n) is 38.6. The Morgan fingerprint density at radius 1 is 0.586 bits per heavy atom. The number of carbonyl (C=O) groups excluding carboxylic acids is 2. The van der Waals surface area contributed by atoms with E-state index >= 15 is 0 Å². The molecular weight excluding hydrogens is 947 g/mol. The van der Waals surface area contributed by atoms with Crippen molar-refractivity contribution in [3.8, 4) is 22.9 Å². The summed E-state index contributed by atoms with van der Waals surface area (Å²) in [7, 11) is -3.43. The van der Waals surface area contributed by atoms with Crippen LogP contribution in [0.1, 0.15) is 50.6 Å². The average molecular weight is 997 g/mol. The highest BCUT2D eigenvalue weighted by Gasteiger charge is 2.40. The number of hydrogen-bond acceptors (Lipinski definition) is 11. The van der Waals surface area contributed by atoms with E-state index in [1.54, 1.807) is 101 Å². The highest BCUT2D eigenvalue weighted by atomic mass is 32.2. The molecule has 0 bridgehead atoms. The molecule has 2 aromatic heterocycles. The Balaban J connectivity index is 0.000000208. The number of carbonyl (C=O) groups is 2. The standard InChI is InChI=1S/C24H26F3N5O4S.C23H24F3N5O2/c1-16-13-30(14-17(2)32(16)37(3,34)35)23(33)31(20-7-5-4-6-8-20)15-18-9-11-19(12-10-18)21-28-29-22(36-21)24(25,26)27;1-15-12-30(13-16(2)27-15)22(32)31(19-6-4-3-5-7-19)14-17-8-10-18(11-9-17)20-28-29-21(33-20)23(24,25)26/h4-12,16-17H,13-15H2,1-3H3;3-11,15-16,27H,12-14H2,1-2H3/t16-,17+;15-,16+. The Hall–Kier alpha value is -6.85. The minimum atomic E-state index is -4.73. The second kappa shape index (κ2) is 21.0. The van der Waals surface area contributed by atoms with Crippen LogP contribution in [0.3, 0.4) is 0 Å². The molecule has 4 aromatic carbocycles. The van der Waals surface area contributed by atoms with Gasteiger partial charge in [-0.1, -0.05) is 60.7 Å². The van der Waals surface area contributed by atoms with E-state index in [-0.39, 0.29) is 55.6 Å². The van der Waals surface area contributed by atoms with Crippen molar-refractivity contribution in [1.29, 1.82) is 0 Å². The van der Waals surface area contributed by atoms with Crippen molar-refractivity contribution in [2.75, 3.05) is 42.2 Å². The van der Waals surface area contributed by atoms with Crippen LogP contribution >= 0.6 is 0 Å². The fourth-order valence-corrected chi connectivity index (χ4v) is 9.92. The lowest BCUT2D eigenvalue weighted by Crippen LogP contribution is -2.61. The molecule has 0 unspecified atom stereocenters. The number of benzene rings is 4. The maximum absolute atomic E-state index is 13.7. The van der Waals surface area contributed by atoms with Gasteiger partial charge in [0.05, 0.1) is 19.3 Å². The molecule has 6 aromatic rings. The van der Waals surface area contributed by atoms with E-state index in [2.05, 4.69) is 25.7 Å². The Kier molecular flexibility index (Phi) is 15.3. The number of anilines is 2. The first kappa shape index (κ1) is 51.0. The first-order chi connectivity index (χ1) is 33.0. The summed E-state index contributed by atoms with van der Waals surface area (Å²) in [5.41, 5.74) is 3.61. The number of nitrogens with one attached hydrogen (secondary N) is 1. The van der Waals surface area contributed by atoms with Crippen LogP contribution in [0.25, 0.3) is 22.9 Å². The summed E-state index contributed by atoms with van der Waals surface area (Å²) >= 11 is 0. The fourth-order valence-electron chi connectivity index (χ4n) is 8.48. The van der Waals surface area contributed by atoms with Crippen LogP contribution in [0, 0.1) is 0 Å². The van der Waals surface area contributed by atoms with Crippen molar-refractivity contribution >= 4 is 33.5 Å². The maximum atomic E-state index is 13.7. The number of alkyl halides is 6.